The van der Waals surface area contributed by atoms with Crippen molar-refractivity contribution in [2.75, 3.05) is 38.9 Å². The number of carboxylic acid groups (broad SMARTS) is 1. The molecule has 2 aliphatic heterocycles. The van der Waals surface area contributed by atoms with E-state index in [1.807, 2.05) is 65.6 Å². The van der Waals surface area contributed by atoms with Crippen LogP contribution in [0.1, 0.15) is 53.6 Å². The normalized spacial score (nSPS) is 19.8. The number of carbonyl (C=O) groups excluding carboxylic acids is 1. The second-order valence-corrected chi connectivity index (χ2v) is 10.6. The fraction of sp³-hybridized carbons (Fsp3) is 0.394. The summed E-state index contributed by atoms with van der Waals surface area (Å²) in [7, 11) is 1.67. The molecule has 3 aromatic rings. The maximum atomic E-state index is 13.6. The molecule has 0 bridgehead atoms. The molecule has 0 aliphatic carbocycles. The van der Waals surface area contributed by atoms with Gasteiger partial charge >= 0.3 is 5.97 Å². The fourth-order valence-corrected chi connectivity index (χ4v) is 6.14. The van der Waals surface area contributed by atoms with Crippen LogP contribution in [0.25, 0.3) is 0 Å². The average Bonchev–Trinajstić information content (AvgIpc) is 3.61. The molecule has 0 saturated carbocycles. The molecule has 0 radical (unpaired) electrons. The Balaban J connectivity index is 1.47. The van der Waals surface area contributed by atoms with E-state index in [0.717, 1.165) is 52.8 Å². The Bertz CT molecular complexity index is 1370. The summed E-state index contributed by atoms with van der Waals surface area (Å²) in [5.41, 5.74) is 5.88. The molecule has 1 fully saturated rings. The number of fused-ring (bicyclic) bond motifs is 1. The van der Waals surface area contributed by atoms with Crippen molar-refractivity contribution < 1.29 is 28.9 Å². The zero-order chi connectivity index (χ0) is 28.9. The molecule has 3 atom stereocenters. The number of methoxy groups -OCH3 is 1. The van der Waals surface area contributed by atoms with E-state index >= 15 is 0 Å². The quantitative estimate of drug-likeness (QED) is 0.334. The average molecular weight is 559 g/mol. The number of aryl methyl sites for hydroxylation is 2. The Kier molecular flexibility index (Phi) is 8.90. The number of nitrogens with zero attached hydrogens (tertiary/aromatic N) is 1. The van der Waals surface area contributed by atoms with Crippen LogP contribution in [0.5, 0.6) is 11.5 Å². The van der Waals surface area contributed by atoms with E-state index in [-0.39, 0.29) is 25.2 Å². The highest BCUT2D eigenvalue weighted by Crippen LogP contribution is 2.47. The van der Waals surface area contributed by atoms with Gasteiger partial charge in [-0.15, -0.1) is 0 Å². The van der Waals surface area contributed by atoms with E-state index in [2.05, 4.69) is 19.2 Å². The first-order valence-corrected chi connectivity index (χ1v) is 14.3. The summed E-state index contributed by atoms with van der Waals surface area (Å²) in [6.45, 7) is 5.39. The Morgan fingerprint density at radius 3 is 2.32 bits per heavy atom. The number of rotatable bonds is 11. The van der Waals surface area contributed by atoms with Crippen molar-refractivity contribution in [3.8, 4) is 11.5 Å². The number of likely N-dealkylation sites (tertiary alicyclic amines) is 1. The van der Waals surface area contributed by atoms with Gasteiger partial charge in [0.25, 0.3) is 0 Å². The SMILES string of the molecule is CCc1cccc(CC)c1NC(=O)CN1C[C@@H](c2ccc3c(c2)OCO3)[C@H](C(=O)O)[C@H]1c1ccc(CCOC)cc1. The lowest BCUT2D eigenvalue weighted by Gasteiger charge is -2.27. The van der Waals surface area contributed by atoms with Gasteiger partial charge in [0, 0.05) is 31.3 Å². The number of hydrogen-bond donors (Lipinski definition) is 2. The maximum absolute atomic E-state index is 13.6. The molecule has 0 unspecified atom stereocenters. The van der Waals surface area contributed by atoms with Crippen LogP contribution in [-0.2, 0) is 33.6 Å². The lowest BCUT2D eigenvalue weighted by Crippen LogP contribution is -2.35. The molecule has 1 saturated heterocycles. The second kappa shape index (κ2) is 12.7. The van der Waals surface area contributed by atoms with Crippen molar-refractivity contribution >= 4 is 17.6 Å². The highest BCUT2D eigenvalue weighted by molar-refractivity contribution is 5.94. The predicted molar refractivity (Wildman–Crippen MR) is 157 cm³/mol. The number of amides is 1. The summed E-state index contributed by atoms with van der Waals surface area (Å²) in [6.07, 6.45) is 2.38. The van der Waals surface area contributed by atoms with Crippen LogP contribution in [0.4, 0.5) is 5.69 Å². The second-order valence-electron chi connectivity index (χ2n) is 10.6. The number of carboxylic acids is 1. The van der Waals surface area contributed by atoms with Gasteiger partial charge in [0.1, 0.15) is 0 Å². The molecule has 3 aromatic carbocycles. The smallest absolute Gasteiger partial charge is 0.309 e. The van der Waals surface area contributed by atoms with Crippen molar-refractivity contribution in [3.63, 3.8) is 0 Å². The lowest BCUT2D eigenvalue weighted by molar-refractivity contribution is -0.143. The lowest BCUT2D eigenvalue weighted by atomic mass is 9.82. The predicted octanol–water partition coefficient (Wildman–Crippen LogP) is 5.21. The van der Waals surface area contributed by atoms with Gasteiger partial charge in [0.15, 0.2) is 11.5 Å². The Morgan fingerprint density at radius 1 is 0.976 bits per heavy atom. The molecule has 2 aliphatic rings. The summed E-state index contributed by atoms with van der Waals surface area (Å²) in [4.78, 5) is 28.5. The first-order chi connectivity index (χ1) is 19.9. The Hall–Kier alpha value is -3.88. The Labute approximate surface area is 241 Å². The van der Waals surface area contributed by atoms with Crippen molar-refractivity contribution in [3.05, 3.63) is 88.5 Å². The van der Waals surface area contributed by atoms with Gasteiger partial charge in [0.2, 0.25) is 12.7 Å². The van der Waals surface area contributed by atoms with E-state index in [4.69, 9.17) is 14.2 Å². The number of para-hydroxylation sites is 1. The number of aliphatic carboxylic acids is 1. The minimum Gasteiger partial charge on any atom is -0.481 e. The summed E-state index contributed by atoms with van der Waals surface area (Å²) in [5.74, 6) is -0.889. The highest BCUT2D eigenvalue weighted by atomic mass is 16.7. The van der Waals surface area contributed by atoms with Gasteiger partial charge in [-0.3, -0.25) is 14.5 Å². The summed E-state index contributed by atoms with van der Waals surface area (Å²) < 4.78 is 16.3. The number of benzene rings is 3. The number of anilines is 1. The van der Waals surface area contributed by atoms with Crippen LogP contribution in [-0.4, -0.2) is 55.5 Å². The monoisotopic (exact) mass is 558 g/mol. The van der Waals surface area contributed by atoms with E-state index in [1.54, 1.807) is 7.11 Å². The third-order valence-corrected chi connectivity index (χ3v) is 8.23. The molecule has 2 N–H and O–H groups in total. The topological polar surface area (TPSA) is 97.3 Å². The summed E-state index contributed by atoms with van der Waals surface area (Å²) in [6, 6.07) is 19.2. The molecule has 8 heteroatoms. The zero-order valence-electron chi connectivity index (χ0n) is 23.9. The molecule has 0 aromatic heterocycles. The molecule has 8 nitrogen and oxygen atoms in total. The van der Waals surface area contributed by atoms with Crippen LogP contribution in [0.3, 0.4) is 0 Å². The van der Waals surface area contributed by atoms with Crippen molar-refractivity contribution in [2.24, 2.45) is 5.92 Å². The van der Waals surface area contributed by atoms with E-state index < -0.39 is 17.9 Å². The number of nitrogens with one attached hydrogen (secondary N) is 1. The fourth-order valence-electron chi connectivity index (χ4n) is 6.14. The molecule has 5 rings (SSSR count). The van der Waals surface area contributed by atoms with Crippen LogP contribution in [0.15, 0.2) is 60.7 Å². The summed E-state index contributed by atoms with van der Waals surface area (Å²) in [5, 5.41) is 13.7. The van der Waals surface area contributed by atoms with Crippen LogP contribution in [0, 0.1) is 5.92 Å². The molecular weight excluding hydrogens is 520 g/mol. The number of hydrogen-bond acceptors (Lipinski definition) is 6. The van der Waals surface area contributed by atoms with Gasteiger partial charge in [-0.1, -0.05) is 62.4 Å². The molecule has 216 valence electrons. The van der Waals surface area contributed by atoms with E-state index in [1.165, 1.54) is 0 Å². The minimum atomic E-state index is -0.895. The molecule has 2 heterocycles. The maximum Gasteiger partial charge on any atom is 0.309 e. The van der Waals surface area contributed by atoms with Gasteiger partial charge in [-0.25, -0.2) is 0 Å². The first-order valence-electron chi connectivity index (χ1n) is 14.3. The van der Waals surface area contributed by atoms with Crippen LogP contribution < -0.4 is 14.8 Å². The third-order valence-electron chi connectivity index (χ3n) is 8.23. The van der Waals surface area contributed by atoms with Crippen molar-refractivity contribution in [1.82, 2.24) is 4.90 Å². The van der Waals surface area contributed by atoms with E-state index in [9.17, 15) is 14.7 Å². The van der Waals surface area contributed by atoms with Crippen molar-refractivity contribution in [2.45, 2.75) is 45.1 Å². The number of ether oxygens (including phenoxy) is 3. The molecule has 41 heavy (non-hydrogen) atoms. The zero-order valence-corrected chi connectivity index (χ0v) is 23.9. The molecule has 1 amide bonds. The highest BCUT2D eigenvalue weighted by Gasteiger charge is 2.48. The standard InChI is InChI=1S/C33H38N2O6/c1-4-22-7-6-8-23(5-2)31(22)34-29(36)19-35-18-26(25-13-14-27-28(17-25)41-20-40-27)30(33(37)38)32(35)24-11-9-21(10-12-24)15-16-39-3/h6-14,17,26,30,32H,4-5,15-16,18-20H2,1-3H3,(H,34,36)(H,37,38)/t26-,30-,32+/m0/s1. The Morgan fingerprint density at radius 2 is 1.66 bits per heavy atom. The van der Waals surface area contributed by atoms with Gasteiger partial charge < -0.3 is 24.6 Å². The van der Waals surface area contributed by atoms with Crippen LogP contribution >= 0.6 is 0 Å². The number of carbonyl (C=O) groups is 2. The summed E-state index contributed by atoms with van der Waals surface area (Å²) >= 11 is 0. The van der Waals surface area contributed by atoms with Gasteiger partial charge in [0.05, 0.1) is 19.1 Å². The van der Waals surface area contributed by atoms with Crippen molar-refractivity contribution in [1.29, 1.82) is 0 Å². The van der Waals surface area contributed by atoms with E-state index in [0.29, 0.717) is 24.7 Å². The first kappa shape index (κ1) is 28.6. The largest absolute Gasteiger partial charge is 0.481 e. The van der Waals surface area contributed by atoms with Gasteiger partial charge in [-0.05, 0) is 59.2 Å². The van der Waals surface area contributed by atoms with Crippen LogP contribution in [0.2, 0.25) is 0 Å². The van der Waals surface area contributed by atoms with Gasteiger partial charge in [-0.2, -0.15) is 0 Å². The molecule has 0 spiro atoms. The molecular formula is C33H38N2O6. The third kappa shape index (κ3) is 6.09. The minimum absolute atomic E-state index is 0.0716.